The summed E-state index contributed by atoms with van der Waals surface area (Å²) in [5.74, 6) is -1.72. The molecule has 55 heavy (non-hydrogen) atoms. The number of ether oxygens (including phenoxy) is 2. The number of likely N-dealkylation sites (N-methyl/N-ethyl adjacent to an activating group) is 1. The smallest absolute Gasteiger partial charge is 0.308 e. The lowest BCUT2D eigenvalue weighted by Crippen LogP contribution is -2.67. The number of aromatic nitrogens is 1. The zero-order chi connectivity index (χ0) is 40.8. The maximum Gasteiger partial charge on any atom is 0.308 e. The van der Waals surface area contributed by atoms with Gasteiger partial charge in [0.05, 0.1) is 13.0 Å². The maximum atomic E-state index is 14.3. The molecule has 1 fully saturated rings. The Balaban J connectivity index is 1.51. The van der Waals surface area contributed by atoms with E-state index in [-0.39, 0.29) is 59.2 Å². The van der Waals surface area contributed by atoms with E-state index in [9.17, 15) is 24.0 Å². The molecule has 302 valence electrons. The van der Waals surface area contributed by atoms with Gasteiger partial charge in [-0.1, -0.05) is 83.9 Å². The summed E-state index contributed by atoms with van der Waals surface area (Å²) >= 11 is 1.20. The summed E-state index contributed by atoms with van der Waals surface area (Å²) < 4.78 is 10.7. The average Bonchev–Trinajstić information content (AvgIpc) is 3.64. The Hall–Kier alpha value is -4.10. The van der Waals surface area contributed by atoms with E-state index >= 15 is 0 Å². The molecule has 3 amide bonds. The van der Waals surface area contributed by atoms with Crippen molar-refractivity contribution in [2.75, 3.05) is 21.2 Å². The third-order valence-electron chi connectivity index (χ3n) is 12.1. The largest absolute Gasteiger partial charge is 0.469 e. The van der Waals surface area contributed by atoms with E-state index in [0.717, 1.165) is 11.1 Å². The molecule has 0 spiro atoms. The Labute approximate surface area is 330 Å². The molecule has 1 aromatic heterocycles. The highest BCUT2D eigenvalue weighted by Gasteiger charge is 2.59. The summed E-state index contributed by atoms with van der Waals surface area (Å²) in [5.41, 5.74) is 3.12. The molecular formula is C42H61N5O7S. The van der Waals surface area contributed by atoms with Crippen molar-refractivity contribution in [1.82, 2.24) is 25.8 Å². The topological polar surface area (TPSA) is 156 Å². The summed E-state index contributed by atoms with van der Waals surface area (Å²) in [5, 5.41) is 11.6. The van der Waals surface area contributed by atoms with Crippen LogP contribution in [0.2, 0.25) is 0 Å². The van der Waals surface area contributed by atoms with E-state index in [1.54, 1.807) is 24.3 Å². The van der Waals surface area contributed by atoms with E-state index in [2.05, 4.69) is 34.8 Å². The molecule has 0 aliphatic heterocycles. The fraction of sp³-hybridized carbons (Fsp3) is 0.619. The number of fused-ring (bicyclic) bond motifs is 1. The van der Waals surface area contributed by atoms with Crippen LogP contribution < -0.4 is 16.0 Å². The van der Waals surface area contributed by atoms with E-state index in [4.69, 9.17) is 9.47 Å². The molecule has 2 aliphatic rings. The first kappa shape index (κ1) is 43.6. The number of carbonyl (C=O) groups is 5. The Morgan fingerprint density at radius 2 is 1.71 bits per heavy atom. The van der Waals surface area contributed by atoms with Gasteiger partial charge in [-0.15, -0.1) is 11.3 Å². The minimum Gasteiger partial charge on any atom is -0.469 e. The van der Waals surface area contributed by atoms with Crippen LogP contribution in [0, 0.1) is 29.6 Å². The first-order valence-corrected chi connectivity index (χ1v) is 20.4. The predicted octanol–water partition coefficient (Wildman–Crippen LogP) is 5.64. The number of benzene rings is 1. The Morgan fingerprint density at radius 1 is 1.04 bits per heavy atom. The number of thiazole rings is 1. The standard InChI is InChI=1S/C42H61N5O7S/c1-12-24(4)36(46-37(49)30-20-31-35(30)26(6)42(31,8)43-9)40(51)47(10)33(23(2)3)21-34(54-27(7)48)39-45-32(22-55-39)38(50)44-29(18-25(5)41(52)53-11)19-28-16-14-13-15-17-28/h13-17,22-26,29,31,33-34,36,43H,12,18-21H2,1-11H3,(H,44,50)(H,46,49)/t24-,25-,26?,29+,31?,33?,34+,36-,42?/m0/s1. The van der Waals surface area contributed by atoms with Gasteiger partial charge in [0.25, 0.3) is 5.91 Å². The first-order valence-electron chi connectivity index (χ1n) is 19.5. The van der Waals surface area contributed by atoms with E-state index in [1.165, 1.54) is 30.9 Å². The Morgan fingerprint density at radius 3 is 2.27 bits per heavy atom. The number of methoxy groups -OCH3 is 1. The van der Waals surface area contributed by atoms with Crippen LogP contribution in [0.3, 0.4) is 0 Å². The lowest BCUT2D eigenvalue weighted by atomic mass is 9.47. The van der Waals surface area contributed by atoms with Gasteiger partial charge in [-0.25, -0.2) is 4.98 Å². The molecule has 4 rings (SSSR count). The van der Waals surface area contributed by atoms with Crippen LogP contribution in [0.1, 0.15) is 108 Å². The molecule has 1 aromatic carbocycles. The molecule has 0 radical (unpaired) electrons. The summed E-state index contributed by atoms with van der Waals surface area (Å²) in [4.78, 5) is 72.5. The van der Waals surface area contributed by atoms with Crippen LogP contribution in [0.4, 0.5) is 0 Å². The molecule has 13 heteroatoms. The fourth-order valence-electron chi connectivity index (χ4n) is 8.16. The highest BCUT2D eigenvalue weighted by Crippen LogP contribution is 2.59. The lowest BCUT2D eigenvalue weighted by molar-refractivity contribution is -0.149. The van der Waals surface area contributed by atoms with Crippen molar-refractivity contribution in [2.45, 2.75) is 117 Å². The van der Waals surface area contributed by atoms with Crippen LogP contribution in [0.25, 0.3) is 0 Å². The molecule has 4 unspecified atom stereocenters. The van der Waals surface area contributed by atoms with Gasteiger partial charge < -0.3 is 30.3 Å². The predicted molar refractivity (Wildman–Crippen MR) is 213 cm³/mol. The maximum absolute atomic E-state index is 14.3. The quantitative estimate of drug-likeness (QED) is 0.154. The Kier molecular flexibility index (Phi) is 14.8. The first-order chi connectivity index (χ1) is 26.0. The molecule has 2 aromatic rings. The van der Waals surface area contributed by atoms with Gasteiger partial charge in [-0.2, -0.15) is 0 Å². The molecule has 9 atom stereocenters. The van der Waals surface area contributed by atoms with Crippen LogP contribution in [0.5, 0.6) is 0 Å². The lowest BCUT2D eigenvalue weighted by Gasteiger charge is -2.61. The second kappa shape index (κ2) is 18.7. The average molecular weight is 780 g/mol. The van der Waals surface area contributed by atoms with E-state index < -0.39 is 36.0 Å². The minimum atomic E-state index is -0.830. The Bertz CT molecular complexity index is 1730. The fourth-order valence-corrected chi connectivity index (χ4v) is 9.00. The number of hydrogen-bond donors (Lipinski definition) is 3. The van der Waals surface area contributed by atoms with Gasteiger partial charge in [0.1, 0.15) is 16.7 Å². The summed E-state index contributed by atoms with van der Waals surface area (Å²) in [7, 11) is 5.03. The van der Waals surface area contributed by atoms with Gasteiger partial charge in [0.2, 0.25) is 11.8 Å². The summed E-state index contributed by atoms with van der Waals surface area (Å²) in [6, 6.07) is 8.18. The van der Waals surface area contributed by atoms with E-state index in [0.29, 0.717) is 36.6 Å². The van der Waals surface area contributed by atoms with Crippen LogP contribution in [0.15, 0.2) is 46.9 Å². The molecular weight excluding hydrogens is 719 g/mol. The van der Waals surface area contributed by atoms with Crippen molar-refractivity contribution in [3.63, 3.8) is 0 Å². The van der Waals surface area contributed by atoms with Gasteiger partial charge in [0.15, 0.2) is 6.10 Å². The van der Waals surface area contributed by atoms with Crippen molar-refractivity contribution in [2.24, 2.45) is 29.6 Å². The van der Waals surface area contributed by atoms with Crippen molar-refractivity contribution in [1.29, 1.82) is 0 Å². The van der Waals surface area contributed by atoms with Crippen LogP contribution >= 0.6 is 11.3 Å². The molecule has 2 aliphatic carbocycles. The monoisotopic (exact) mass is 779 g/mol. The van der Waals surface area contributed by atoms with Gasteiger partial charge in [-0.3, -0.25) is 24.0 Å². The normalized spacial score (nSPS) is 22.1. The van der Waals surface area contributed by atoms with Crippen molar-refractivity contribution >= 4 is 41.0 Å². The molecule has 1 heterocycles. The second-order valence-corrected chi connectivity index (χ2v) is 16.9. The number of esters is 2. The highest BCUT2D eigenvalue weighted by atomic mass is 32.1. The molecule has 0 bridgehead atoms. The van der Waals surface area contributed by atoms with E-state index in [1.807, 2.05) is 65.1 Å². The SMILES string of the molecule is CC[C@H](C)[C@H](NC(=O)C1=C2C(C)C(C)(NC)C2C1)C(=O)N(C)C(C[C@@H](OC(C)=O)c1nc(C(=O)N[C@@H](Cc2ccccc2)C[C@H](C)C(=O)OC)cs1)C(C)C. The molecule has 1 saturated carbocycles. The zero-order valence-corrected chi connectivity index (χ0v) is 35.2. The van der Waals surface area contributed by atoms with Gasteiger partial charge in [0, 0.05) is 54.9 Å². The number of nitrogens with one attached hydrogen (secondary N) is 3. The van der Waals surface area contributed by atoms with Crippen molar-refractivity contribution in [3.8, 4) is 0 Å². The molecule has 12 nitrogen and oxygen atoms in total. The second-order valence-electron chi connectivity index (χ2n) is 16.0. The van der Waals surface area contributed by atoms with Gasteiger partial charge >= 0.3 is 11.9 Å². The number of nitrogens with zero attached hydrogens (tertiary/aromatic N) is 2. The third-order valence-corrected chi connectivity index (χ3v) is 13.0. The summed E-state index contributed by atoms with van der Waals surface area (Å²) in [6.07, 6.45) is 1.65. The molecule has 0 saturated heterocycles. The number of amides is 3. The summed E-state index contributed by atoms with van der Waals surface area (Å²) in [6.45, 7) is 15.4. The van der Waals surface area contributed by atoms with Gasteiger partial charge in [-0.05, 0) is 56.6 Å². The van der Waals surface area contributed by atoms with Crippen LogP contribution in [-0.4, -0.2) is 84.4 Å². The van der Waals surface area contributed by atoms with Crippen molar-refractivity contribution < 1.29 is 33.4 Å². The molecule has 3 N–H and O–H groups in total. The zero-order valence-electron chi connectivity index (χ0n) is 34.4. The minimum absolute atomic E-state index is 0.0224. The highest BCUT2D eigenvalue weighted by molar-refractivity contribution is 7.09. The number of carbonyl (C=O) groups excluding carboxylic acids is 5. The number of rotatable bonds is 19. The number of hydrogen-bond acceptors (Lipinski definition) is 10. The van der Waals surface area contributed by atoms with Crippen molar-refractivity contribution in [3.05, 3.63) is 63.1 Å². The third kappa shape index (κ3) is 9.83. The van der Waals surface area contributed by atoms with Crippen LogP contribution in [-0.2, 0) is 35.1 Å².